The number of thiazole rings is 1. The molecule has 114 valence electrons. The lowest BCUT2D eigenvalue weighted by atomic mass is 10.0. The van der Waals surface area contributed by atoms with E-state index in [1.807, 2.05) is 25.1 Å². The molecule has 0 saturated carbocycles. The maximum absolute atomic E-state index is 10.3. The second kappa shape index (κ2) is 6.44. The Bertz CT molecular complexity index is 605. The molecule has 0 radical (unpaired) electrons. The van der Waals surface area contributed by atoms with Gasteiger partial charge in [0.15, 0.2) is 0 Å². The standard InChI is InChI=1S/C16H21ClN2OS/c1-10-11(2)21-15(19-10)16(3,4)18-9-14(20)12-7-5-6-8-13(12)17/h5-8,14,18,20H,9H2,1-4H3. The molecule has 0 fully saturated rings. The number of benzene rings is 1. The number of aromatic nitrogens is 1. The number of aliphatic hydroxyl groups excluding tert-OH is 1. The molecular weight excluding hydrogens is 304 g/mol. The number of nitrogens with zero attached hydrogens (tertiary/aromatic N) is 1. The fourth-order valence-electron chi connectivity index (χ4n) is 2.02. The normalized spacial score (nSPS) is 13.4. The van der Waals surface area contributed by atoms with Crippen molar-refractivity contribution >= 4 is 22.9 Å². The molecule has 0 aliphatic heterocycles. The average Bonchev–Trinajstić information content (AvgIpc) is 2.77. The quantitative estimate of drug-likeness (QED) is 0.874. The largest absolute Gasteiger partial charge is 0.387 e. The lowest BCUT2D eigenvalue weighted by Gasteiger charge is -2.26. The zero-order valence-electron chi connectivity index (χ0n) is 12.8. The van der Waals surface area contributed by atoms with Gasteiger partial charge in [-0.25, -0.2) is 4.98 Å². The van der Waals surface area contributed by atoms with Crippen LogP contribution in [0.3, 0.4) is 0 Å². The average molecular weight is 325 g/mol. The fraction of sp³-hybridized carbons (Fsp3) is 0.438. The SMILES string of the molecule is Cc1nc(C(C)(C)NCC(O)c2ccccc2Cl)sc1C. The van der Waals surface area contributed by atoms with Crippen molar-refractivity contribution in [1.82, 2.24) is 10.3 Å². The number of aliphatic hydroxyl groups is 1. The van der Waals surface area contributed by atoms with Crippen LogP contribution in [0.1, 0.15) is 41.1 Å². The summed E-state index contributed by atoms with van der Waals surface area (Å²) >= 11 is 7.80. The molecule has 0 amide bonds. The lowest BCUT2D eigenvalue weighted by molar-refractivity contribution is 0.161. The van der Waals surface area contributed by atoms with E-state index in [0.29, 0.717) is 11.6 Å². The predicted molar refractivity (Wildman–Crippen MR) is 89.0 cm³/mol. The van der Waals surface area contributed by atoms with Crippen LogP contribution in [0.5, 0.6) is 0 Å². The van der Waals surface area contributed by atoms with E-state index >= 15 is 0 Å². The summed E-state index contributed by atoms with van der Waals surface area (Å²) < 4.78 is 0. The van der Waals surface area contributed by atoms with Crippen LogP contribution >= 0.6 is 22.9 Å². The molecule has 0 saturated heterocycles. The molecule has 2 N–H and O–H groups in total. The second-order valence-corrected chi connectivity index (χ2v) is 7.31. The number of hydrogen-bond acceptors (Lipinski definition) is 4. The van der Waals surface area contributed by atoms with Crippen molar-refractivity contribution in [3.8, 4) is 0 Å². The second-order valence-electron chi connectivity index (χ2n) is 5.70. The van der Waals surface area contributed by atoms with Crippen LogP contribution in [0.4, 0.5) is 0 Å². The Hall–Kier alpha value is -0.940. The number of rotatable bonds is 5. The van der Waals surface area contributed by atoms with E-state index in [1.54, 1.807) is 17.4 Å². The van der Waals surface area contributed by atoms with Crippen molar-refractivity contribution in [1.29, 1.82) is 0 Å². The van der Waals surface area contributed by atoms with Crippen molar-refractivity contribution in [2.45, 2.75) is 39.3 Å². The monoisotopic (exact) mass is 324 g/mol. The van der Waals surface area contributed by atoms with E-state index in [1.165, 1.54) is 4.88 Å². The van der Waals surface area contributed by atoms with Crippen molar-refractivity contribution in [3.63, 3.8) is 0 Å². The van der Waals surface area contributed by atoms with E-state index in [2.05, 4.69) is 31.1 Å². The first kappa shape index (κ1) is 16.4. The molecule has 2 rings (SSSR count). The molecular formula is C16H21ClN2OS. The fourth-order valence-corrected chi connectivity index (χ4v) is 3.28. The van der Waals surface area contributed by atoms with Crippen molar-refractivity contribution in [3.05, 3.63) is 50.4 Å². The molecule has 0 spiro atoms. The van der Waals surface area contributed by atoms with E-state index in [4.69, 9.17) is 11.6 Å². The van der Waals surface area contributed by atoms with Crippen LogP contribution in [0.25, 0.3) is 0 Å². The van der Waals surface area contributed by atoms with E-state index in [9.17, 15) is 5.11 Å². The molecule has 3 nitrogen and oxygen atoms in total. The van der Waals surface area contributed by atoms with Gasteiger partial charge in [-0.2, -0.15) is 0 Å². The van der Waals surface area contributed by atoms with Crippen molar-refractivity contribution in [2.75, 3.05) is 6.54 Å². The van der Waals surface area contributed by atoms with Crippen molar-refractivity contribution < 1.29 is 5.11 Å². The lowest BCUT2D eigenvalue weighted by Crippen LogP contribution is -2.39. The first-order chi connectivity index (χ1) is 9.81. The maximum atomic E-state index is 10.3. The Balaban J connectivity index is 2.06. The zero-order chi connectivity index (χ0) is 15.6. The minimum Gasteiger partial charge on any atom is -0.387 e. The summed E-state index contributed by atoms with van der Waals surface area (Å²) in [6.07, 6.45) is -0.639. The Labute approximate surface area is 135 Å². The van der Waals surface area contributed by atoms with Crippen LogP contribution in [0.2, 0.25) is 5.02 Å². The van der Waals surface area contributed by atoms with Gasteiger partial charge < -0.3 is 10.4 Å². The first-order valence-electron chi connectivity index (χ1n) is 6.93. The summed E-state index contributed by atoms with van der Waals surface area (Å²) in [5.41, 5.74) is 1.52. The third kappa shape index (κ3) is 3.83. The van der Waals surface area contributed by atoms with Gasteiger partial charge in [0.1, 0.15) is 5.01 Å². The van der Waals surface area contributed by atoms with E-state index < -0.39 is 6.10 Å². The Kier molecular flexibility index (Phi) is 5.04. The summed E-state index contributed by atoms with van der Waals surface area (Å²) in [6.45, 7) is 8.66. The van der Waals surface area contributed by atoms with Crippen LogP contribution in [0, 0.1) is 13.8 Å². The molecule has 1 aromatic carbocycles. The number of hydrogen-bond donors (Lipinski definition) is 2. The third-order valence-corrected chi connectivity index (χ3v) is 5.31. The molecule has 1 heterocycles. The zero-order valence-corrected chi connectivity index (χ0v) is 14.3. The maximum Gasteiger partial charge on any atom is 0.113 e. The molecule has 5 heteroatoms. The summed E-state index contributed by atoms with van der Waals surface area (Å²) in [7, 11) is 0. The highest BCUT2D eigenvalue weighted by atomic mass is 35.5. The molecule has 1 unspecified atom stereocenters. The Morgan fingerprint density at radius 2 is 2.00 bits per heavy atom. The molecule has 0 aliphatic carbocycles. The molecule has 2 aromatic rings. The van der Waals surface area contributed by atoms with Crippen LogP contribution in [-0.2, 0) is 5.54 Å². The molecule has 0 aliphatic rings. The molecule has 1 aromatic heterocycles. The smallest absolute Gasteiger partial charge is 0.113 e. The van der Waals surface area contributed by atoms with Crippen LogP contribution in [-0.4, -0.2) is 16.6 Å². The van der Waals surface area contributed by atoms with Gasteiger partial charge in [-0.05, 0) is 33.8 Å². The van der Waals surface area contributed by atoms with Gasteiger partial charge >= 0.3 is 0 Å². The highest BCUT2D eigenvalue weighted by Gasteiger charge is 2.25. The number of nitrogens with one attached hydrogen (secondary N) is 1. The van der Waals surface area contributed by atoms with Gasteiger partial charge in [-0.1, -0.05) is 29.8 Å². The van der Waals surface area contributed by atoms with Gasteiger partial charge in [0.05, 0.1) is 17.3 Å². The topological polar surface area (TPSA) is 45.2 Å². The molecule has 1 atom stereocenters. The summed E-state index contributed by atoms with van der Waals surface area (Å²) in [6, 6.07) is 7.37. The van der Waals surface area contributed by atoms with Gasteiger partial charge in [-0.3, -0.25) is 0 Å². The highest BCUT2D eigenvalue weighted by molar-refractivity contribution is 7.11. The van der Waals surface area contributed by atoms with Crippen LogP contribution in [0.15, 0.2) is 24.3 Å². The first-order valence-corrected chi connectivity index (χ1v) is 8.12. The van der Waals surface area contributed by atoms with Gasteiger partial charge in [0.2, 0.25) is 0 Å². The van der Waals surface area contributed by atoms with E-state index in [0.717, 1.165) is 16.3 Å². The summed E-state index contributed by atoms with van der Waals surface area (Å²) in [4.78, 5) is 5.83. The van der Waals surface area contributed by atoms with Crippen molar-refractivity contribution in [2.24, 2.45) is 0 Å². The predicted octanol–water partition coefficient (Wildman–Crippen LogP) is 3.97. The molecule has 0 bridgehead atoms. The van der Waals surface area contributed by atoms with E-state index in [-0.39, 0.29) is 5.54 Å². The van der Waals surface area contributed by atoms with Crippen LogP contribution < -0.4 is 5.32 Å². The third-order valence-electron chi connectivity index (χ3n) is 3.56. The minimum absolute atomic E-state index is 0.286. The molecule has 21 heavy (non-hydrogen) atoms. The van der Waals surface area contributed by atoms with Gasteiger partial charge in [0.25, 0.3) is 0 Å². The highest BCUT2D eigenvalue weighted by Crippen LogP contribution is 2.28. The Morgan fingerprint density at radius 1 is 1.33 bits per heavy atom. The van der Waals surface area contributed by atoms with Gasteiger partial charge in [0, 0.05) is 22.0 Å². The summed E-state index contributed by atoms with van der Waals surface area (Å²) in [5.74, 6) is 0. The minimum atomic E-state index is -0.639. The number of halogens is 1. The number of aryl methyl sites for hydroxylation is 2. The Morgan fingerprint density at radius 3 is 2.57 bits per heavy atom. The summed E-state index contributed by atoms with van der Waals surface area (Å²) in [5, 5.41) is 15.3. The van der Waals surface area contributed by atoms with Gasteiger partial charge in [-0.15, -0.1) is 11.3 Å².